The van der Waals surface area contributed by atoms with Gasteiger partial charge in [-0.1, -0.05) is 0 Å². The third-order valence-electron chi connectivity index (χ3n) is 1.77. The number of phenols is 1. The fourth-order valence-corrected chi connectivity index (χ4v) is 1.20. The summed E-state index contributed by atoms with van der Waals surface area (Å²) in [6.07, 6.45) is 0. The molecule has 1 aromatic rings. The number of nitro groups is 1. The van der Waals surface area contributed by atoms with E-state index in [1.807, 2.05) is 0 Å². The van der Waals surface area contributed by atoms with Crippen LogP contribution in [0.4, 0.5) is 11.4 Å². The fraction of sp³-hybridized carbons (Fsp3) is 0.125. The molecule has 15 heavy (non-hydrogen) atoms. The van der Waals surface area contributed by atoms with Gasteiger partial charge >= 0.3 is 5.69 Å². The van der Waals surface area contributed by atoms with Gasteiger partial charge in [0.25, 0.3) is 0 Å². The summed E-state index contributed by atoms with van der Waals surface area (Å²) in [5.41, 5.74) is 4.73. The number of nitrogens with two attached hydrogens (primary N) is 1. The summed E-state index contributed by atoms with van der Waals surface area (Å²) in [5, 5.41) is 19.6. The molecule has 0 heterocycles. The number of Topliss-reactive ketones (excluding diaryl/α,β-unsaturated/α-hetero) is 1. The smallest absolute Gasteiger partial charge is 0.311 e. The normalized spacial score (nSPS) is 9.93. The molecule has 0 saturated heterocycles. The summed E-state index contributed by atoms with van der Waals surface area (Å²) in [5.74, 6) is -1.44. The second-order valence-corrected chi connectivity index (χ2v) is 3.01. The molecule has 0 spiro atoms. The van der Waals surface area contributed by atoms with Crippen molar-refractivity contribution in [2.45, 2.75) is 0 Å². The summed E-state index contributed by atoms with van der Waals surface area (Å²) in [6.45, 7) is 0. The average Bonchev–Trinajstić information content (AvgIpc) is 2.16. The third-order valence-corrected chi connectivity index (χ3v) is 2.01. The van der Waals surface area contributed by atoms with Crippen LogP contribution in [-0.2, 0) is 0 Å². The maximum atomic E-state index is 11.2. The number of carbonyl (C=O) groups excluding carboxylic acids is 1. The van der Waals surface area contributed by atoms with Crippen molar-refractivity contribution < 1.29 is 14.8 Å². The van der Waals surface area contributed by atoms with Gasteiger partial charge in [-0.05, 0) is 0 Å². The van der Waals surface area contributed by atoms with E-state index in [1.54, 1.807) is 0 Å². The molecule has 0 saturated carbocycles. The summed E-state index contributed by atoms with van der Waals surface area (Å²) in [4.78, 5) is 20.9. The lowest BCUT2D eigenvalue weighted by atomic mass is 10.1. The minimum absolute atomic E-state index is 0.0382. The summed E-state index contributed by atoms with van der Waals surface area (Å²) >= 11 is 5.29. The second kappa shape index (κ2) is 4.14. The SMILES string of the molecule is Nc1cc(O)c([N+](=O)[O-])cc1C(=O)CCl. The lowest BCUT2D eigenvalue weighted by Gasteiger charge is -2.03. The molecule has 80 valence electrons. The number of rotatable bonds is 3. The minimum Gasteiger partial charge on any atom is -0.502 e. The van der Waals surface area contributed by atoms with Crippen molar-refractivity contribution in [3.63, 3.8) is 0 Å². The highest BCUT2D eigenvalue weighted by Gasteiger charge is 2.19. The average molecular weight is 231 g/mol. The van der Waals surface area contributed by atoms with Crippen molar-refractivity contribution in [2.24, 2.45) is 0 Å². The van der Waals surface area contributed by atoms with E-state index in [-0.39, 0.29) is 17.1 Å². The van der Waals surface area contributed by atoms with E-state index in [0.717, 1.165) is 12.1 Å². The maximum absolute atomic E-state index is 11.2. The molecule has 0 aliphatic carbocycles. The number of alkyl halides is 1. The standard InChI is InChI=1S/C8H7ClN2O4/c9-3-8(13)4-1-6(11(14)15)7(12)2-5(4)10/h1-2,12H,3,10H2. The first-order chi connectivity index (χ1) is 6.97. The van der Waals surface area contributed by atoms with E-state index in [1.165, 1.54) is 0 Å². The Morgan fingerprint density at radius 3 is 2.67 bits per heavy atom. The first-order valence-corrected chi connectivity index (χ1v) is 4.37. The molecule has 0 bridgehead atoms. The number of anilines is 1. The molecule has 6 nitrogen and oxygen atoms in total. The number of nitrogens with zero attached hydrogens (tertiary/aromatic N) is 1. The van der Waals surface area contributed by atoms with Crippen molar-refractivity contribution in [2.75, 3.05) is 11.6 Å². The predicted molar refractivity (Wildman–Crippen MR) is 54.2 cm³/mol. The Bertz CT molecular complexity index is 433. The molecule has 1 rings (SSSR count). The summed E-state index contributed by atoms with van der Waals surface area (Å²) < 4.78 is 0. The molecule has 0 fully saturated rings. The van der Waals surface area contributed by atoms with Crippen LogP contribution in [-0.4, -0.2) is 21.7 Å². The monoisotopic (exact) mass is 230 g/mol. The fourth-order valence-electron chi connectivity index (χ4n) is 1.05. The zero-order chi connectivity index (χ0) is 11.6. The Labute approximate surface area is 89.4 Å². The van der Waals surface area contributed by atoms with Crippen LogP contribution in [0.2, 0.25) is 0 Å². The molecule has 0 aromatic heterocycles. The molecule has 0 amide bonds. The van der Waals surface area contributed by atoms with Crippen molar-refractivity contribution in [3.8, 4) is 5.75 Å². The number of aromatic hydroxyl groups is 1. The zero-order valence-corrected chi connectivity index (χ0v) is 8.19. The highest BCUT2D eigenvalue weighted by molar-refractivity contribution is 6.31. The first-order valence-electron chi connectivity index (χ1n) is 3.83. The molecule has 0 radical (unpaired) electrons. The molecule has 0 atom stereocenters. The van der Waals surface area contributed by atoms with Crippen LogP contribution in [0.15, 0.2) is 12.1 Å². The van der Waals surface area contributed by atoms with E-state index >= 15 is 0 Å². The van der Waals surface area contributed by atoms with Gasteiger partial charge in [0, 0.05) is 23.4 Å². The van der Waals surface area contributed by atoms with Crippen LogP contribution in [0.5, 0.6) is 5.75 Å². The molecule has 3 N–H and O–H groups in total. The van der Waals surface area contributed by atoms with E-state index in [2.05, 4.69) is 0 Å². The number of hydrogen-bond acceptors (Lipinski definition) is 5. The van der Waals surface area contributed by atoms with Gasteiger partial charge in [0.05, 0.1) is 10.8 Å². The molecule has 7 heteroatoms. The Morgan fingerprint density at radius 1 is 1.60 bits per heavy atom. The van der Waals surface area contributed by atoms with E-state index in [0.29, 0.717) is 0 Å². The van der Waals surface area contributed by atoms with Crippen LogP contribution in [0, 0.1) is 10.1 Å². The van der Waals surface area contributed by atoms with E-state index < -0.39 is 22.1 Å². The Kier molecular flexibility index (Phi) is 3.11. The number of halogens is 1. The maximum Gasteiger partial charge on any atom is 0.311 e. The van der Waals surface area contributed by atoms with Crippen LogP contribution >= 0.6 is 11.6 Å². The highest BCUT2D eigenvalue weighted by Crippen LogP contribution is 2.30. The van der Waals surface area contributed by atoms with Crippen molar-refractivity contribution >= 4 is 28.8 Å². The number of phenolic OH excluding ortho intramolecular Hbond substituents is 1. The molecular weight excluding hydrogens is 224 g/mol. The number of nitrogen functional groups attached to an aromatic ring is 1. The number of hydrogen-bond donors (Lipinski definition) is 2. The Hall–Kier alpha value is -1.82. The molecule has 0 unspecified atom stereocenters. The van der Waals surface area contributed by atoms with Gasteiger partial charge in [-0.25, -0.2) is 0 Å². The van der Waals surface area contributed by atoms with Gasteiger partial charge < -0.3 is 10.8 Å². The molecule has 1 aromatic carbocycles. The largest absolute Gasteiger partial charge is 0.502 e. The summed E-state index contributed by atoms with van der Waals surface area (Å²) in [7, 11) is 0. The van der Waals surface area contributed by atoms with Gasteiger partial charge in [0.15, 0.2) is 11.5 Å². The third kappa shape index (κ3) is 2.16. The van der Waals surface area contributed by atoms with Crippen LogP contribution in [0.1, 0.15) is 10.4 Å². The van der Waals surface area contributed by atoms with Crippen molar-refractivity contribution in [3.05, 3.63) is 27.8 Å². The predicted octanol–water partition coefficient (Wildman–Crippen LogP) is 1.30. The topological polar surface area (TPSA) is 106 Å². The Morgan fingerprint density at radius 2 is 2.20 bits per heavy atom. The van der Waals surface area contributed by atoms with E-state index in [9.17, 15) is 20.0 Å². The van der Waals surface area contributed by atoms with E-state index in [4.69, 9.17) is 17.3 Å². The number of nitro benzene ring substituents is 1. The van der Waals surface area contributed by atoms with Gasteiger partial charge in [-0.15, -0.1) is 11.6 Å². The second-order valence-electron chi connectivity index (χ2n) is 2.74. The quantitative estimate of drug-likeness (QED) is 0.268. The number of benzene rings is 1. The lowest BCUT2D eigenvalue weighted by molar-refractivity contribution is -0.385. The molecular formula is C8H7ClN2O4. The molecule has 0 aliphatic heterocycles. The first kappa shape index (κ1) is 11.3. The zero-order valence-electron chi connectivity index (χ0n) is 7.44. The van der Waals surface area contributed by atoms with Crippen molar-refractivity contribution in [1.29, 1.82) is 0 Å². The minimum atomic E-state index is -0.806. The number of ketones is 1. The highest BCUT2D eigenvalue weighted by atomic mass is 35.5. The lowest BCUT2D eigenvalue weighted by Crippen LogP contribution is -2.06. The Balaban J connectivity index is 3.36. The molecule has 0 aliphatic rings. The summed E-state index contributed by atoms with van der Waals surface area (Å²) in [6, 6.07) is 1.87. The van der Waals surface area contributed by atoms with Crippen LogP contribution in [0.25, 0.3) is 0 Å². The van der Waals surface area contributed by atoms with Gasteiger partial charge in [-0.2, -0.15) is 0 Å². The van der Waals surface area contributed by atoms with Gasteiger partial charge in [-0.3, -0.25) is 14.9 Å². The van der Waals surface area contributed by atoms with Crippen molar-refractivity contribution in [1.82, 2.24) is 0 Å². The van der Waals surface area contributed by atoms with Gasteiger partial charge in [0.2, 0.25) is 0 Å². The number of carbonyl (C=O) groups is 1. The van der Waals surface area contributed by atoms with Crippen LogP contribution in [0.3, 0.4) is 0 Å². The van der Waals surface area contributed by atoms with Gasteiger partial charge in [0.1, 0.15) is 0 Å². The van der Waals surface area contributed by atoms with Crippen LogP contribution < -0.4 is 5.73 Å².